The SMILES string of the molecule is O=C1[C@@H]2[C@H](C(=O)N1c1ccc(Cl)cc1Cl)[C@H]1C=C[C@H]2C12CC2. The van der Waals surface area contributed by atoms with Gasteiger partial charge in [-0.15, -0.1) is 0 Å². The maximum Gasteiger partial charge on any atom is 0.238 e. The highest BCUT2D eigenvalue weighted by Gasteiger charge is 2.73. The van der Waals surface area contributed by atoms with Gasteiger partial charge in [0.1, 0.15) is 0 Å². The first kappa shape index (κ1) is 13.1. The fraction of sp³-hybridized carbons (Fsp3) is 0.412. The maximum atomic E-state index is 12.9. The van der Waals surface area contributed by atoms with E-state index >= 15 is 0 Å². The van der Waals surface area contributed by atoms with E-state index in [0.717, 1.165) is 12.8 Å². The minimum absolute atomic E-state index is 0.0950. The standard InChI is InChI=1S/C17H13Cl2NO2/c18-8-1-4-12(11(19)7-8)20-15(21)13-9-2-3-10(14(13)16(20)22)17(9)5-6-17/h1-4,7,9-10,13-14H,5-6H2/t9-,10-,13-,14+/m1/s1. The molecule has 112 valence electrons. The summed E-state index contributed by atoms with van der Waals surface area (Å²) in [5, 5.41) is 0.835. The highest BCUT2D eigenvalue weighted by molar-refractivity contribution is 6.38. The normalized spacial score (nSPS) is 36.5. The Kier molecular flexibility index (Phi) is 2.36. The number of rotatable bonds is 1. The van der Waals surface area contributed by atoms with Crippen LogP contribution >= 0.6 is 23.2 Å². The lowest BCUT2D eigenvalue weighted by molar-refractivity contribution is -0.123. The number of amides is 2. The first-order valence-electron chi connectivity index (χ1n) is 7.56. The number of allylic oxidation sites excluding steroid dienone is 2. The van der Waals surface area contributed by atoms with Crippen molar-refractivity contribution in [3.8, 4) is 0 Å². The van der Waals surface area contributed by atoms with Crippen LogP contribution in [0.2, 0.25) is 10.0 Å². The number of carbonyl (C=O) groups excluding carboxylic acids is 2. The average molecular weight is 334 g/mol. The van der Waals surface area contributed by atoms with E-state index in [9.17, 15) is 9.59 Å². The van der Waals surface area contributed by atoms with Crippen molar-refractivity contribution in [2.75, 3.05) is 4.90 Å². The molecular weight excluding hydrogens is 321 g/mol. The van der Waals surface area contributed by atoms with E-state index in [4.69, 9.17) is 23.2 Å². The third kappa shape index (κ3) is 1.35. The maximum absolute atomic E-state index is 12.9. The molecule has 3 nitrogen and oxygen atoms in total. The molecule has 3 fully saturated rings. The van der Waals surface area contributed by atoms with Crippen LogP contribution in [-0.2, 0) is 9.59 Å². The first-order chi connectivity index (χ1) is 10.5. The summed E-state index contributed by atoms with van der Waals surface area (Å²) in [6.07, 6.45) is 6.61. The number of benzene rings is 1. The fourth-order valence-electron chi connectivity index (χ4n) is 4.98. The van der Waals surface area contributed by atoms with Gasteiger partial charge in [0.25, 0.3) is 0 Å². The molecule has 4 aliphatic rings. The number of carbonyl (C=O) groups is 2. The van der Waals surface area contributed by atoms with Gasteiger partial charge in [0, 0.05) is 5.02 Å². The minimum atomic E-state index is -0.197. The van der Waals surface area contributed by atoms with Gasteiger partial charge in [0.05, 0.1) is 22.5 Å². The first-order valence-corrected chi connectivity index (χ1v) is 8.31. The molecule has 0 aromatic heterocycles. The fourth-order valence-corrected chi connectivity index (χ4v) is 5.47. The number of fused-ring (bicyclic) bond motifs is 3. The van der Waals surface area contributed by atoms with Crippen molar-refractivity contribution in [1.82, 2.24) is 0 Å². The van der Waals surface area contributed by atoms with Crippen LogP contribution in [0.15, 0.2) is 30.4 Å². The van der Waals surface area contributed by atoms with Crippen LogP contribution in [0.3, 0.4) is 0 Å². The van der Waals surface area contributed by atoms with Crippen LogP contribution in [0.4, 0.5) is 5.69 Å². The second-order valence-electron chi connectivity index (χ2n) is 6.83. The minimum Gasteiger partial charge on any atom is -0.274 e. The van der Waals surface area contributed by atoms with E-state index in [1.807, 2.05) is 0 Å². The molecule has 5 rings (SSSR count). The van der Waals surface area contributed by atoms with Gasteiger partial charge in [-0.05, 0) is 48.3 Å². The van der Waals surface area contributed by atoms with Crippen LogP contribution in [-0.4, -0.2) is 11.8 Å². The summed E-state index contributed by atoms with van der Waals surface area (Å²) in [5.74, 6) is -0.122. The third-order valence-electron chi connectivity index (χ3n) is 6.00. The summed E-state index contributed by atoms with van der Waals surface area (Å²) < 4.78 is 0. The van der Waals surface area contributed by atoms with Crippen LogP contribution in [0, 0.1) is 29.1 Å². The molecule has 0 N–H and O–H groups in total. The van der Waals surface area contributed by atoms with Crippen molar-refractivity contribution < 1.29 is 9.59 Å². The molecule has 1 saturated heterocycles. The molecule has 1 heterocycles. The van der Waals surface area contributed by atoms with E-state index in [2.05, 4.69) is 12.2 Å². The van der Waals surface area contributed by atoms with Crippen molar-refractivity contribution in [3.05, 3.63) is 40.4 Å². The molecule has 0 unspecified atom stereocenters. The second kappa shape index (κ2) is 3.95. The molecule has 1 aliphatic heterocycles. The van der Waals surface area contributed by atoms with Crippen molar-refractivity contribution in [3.63, 3.8) is 0 Å². The zero-order valence-electron chi connectivity index (χ0n) is 11.6. The molecule has 1 aromatic carbocycles. The van der Waals surface area contributed by atoms with Gasteiger partial charge in [-0.1, -0.05) is 35.4 Å². The zero-order chi connectivity index (χ0) is 15.2. The topological polar surface area (TPSA) is 37.4 Å². The van der Waals surface area contributed by atoms with Crippen LogP contribution in [0.25, 0.3) is 0 Å². The molecule has 0 radical (unpaired) electrons. The predicted octanol–water partition coefficient (Wildman–Crippen LogP) is 3.70. The largest absolute Gasteiger partial charge is 0.274 e. The van der Waals surface area contributed by atoms with Gasteiger partial charge >= 0.3 is 0 Å². The summed E-state index contributed by atoms with van der Waals surface area (Å²) in [6.45, 7) is 0. The number of hydrogen-bond acceptors (Lipinski definition) is 2. The lowest BCUT2D eigenvalue weighted by Crippen LogP contribution is -2.34. The Morgan fingerprint density at radius 1 is 1.00 bits per heavy atom. The number of nitrogens with zero attached hydrogens (tertiary/aromatic N) is 1. The molecule has 1 aromatic rings. The highest BCUT2D eigenvalue weighted by atomic mass is 35.5. The molecular formula is C17H13Cl2NO2. The van der Waals surface area contributed by atoms with Gasteiger partial charge in [0.15, 0.2) is 0 Å². The van der Waals surface area contributed by atoms with E-state index in [1.165, 1.54) is 4.90 Å². The van der Waals surface area contributed by atoms with Crippen molar-refractivity contribution in [2.24, 2.45) is 29.1 Å². The van der Waals surface area contributed by atoms with Gasteiger partial charge in [-0.2, -0.15) is 0 Å². The number of anilines is 1. The van der Waals surface area contributed by atoms with Crippen molar-refractivity contribution >= 4 is 40.7 Å². The Balaban J connectivity index is 1.59. The van der Waals surface area contributed by atoms with E-state index < -0.39 is 0 Å². The Hall–Kier alpha value is -1.32. The molecule has 4 atom stereocenters. The lowest BCUT2D eigenvalue weighted by Gasteiger charge is -2.22. The Morgan fingerprint density at radius 3 is 2.09 bits per heavy atom. The lowest BCUT2D eigenvalue weighted by atomic mass is 9.85. The van der Waals surface area contributed by atoms with Crippen molar-refractivity contribution in [1.29, 1.82) is 0 Å². The average Bonchev–Trinajstić information content (AvgIpc) is 3.07. The summed E-state index contributed by atoms with van der Waals surface area (Å²) in [4.78, 5) is 27.1. The van der Waals surface area contributed by atoms with Crippen molar-refractivity contribution in [2.45, 2.75) is 12.8 Å². The Labute approximate surface area is 137 Å². The molecule has 3 aliphatic carbocycles. The molecule has 5 heteroatoms. The molecule has 2 amide bonds. The van der Waals surface area contributed by atoms with E-state index in [1.54, 1.807) is 18.2 Å². The van der Waals surface area contributed by atoms with E-state index in [-0.39, 0.29) is 40.9 Å². The smallest absolute Gasteiger partial charge is 0.238 e. The monoisotopic (exact) mass is 333 g/mol. The number of halogens is 2. The third-order valence-corrected chi connectivity index (χ3v) is 6.54. The number of hydrogen-bond donors (Lipinski definition) is 0. The van der Waals surface area contributed by atoms with Gasteiger partial charge in [-0.25, -0.2) is 4.90 Å². The summed E-state index contributed by atoms with van der Waals surface area (Å²) >= 11 is 12.1. The molecule has 2 bridgehead atoms. The highest BCUT2D eigenvalue weighted by Crippen LogP contribution is 2.73. The van der Waals surface area contributed by atoms with Crippen LogP contribution in [0.1, 0.15) is 12.8 Å². The quantitative estimate of drug-likeness (QED) is 0.580. The summed E-state index contributed by atoms with van der Waals surface area (Å²) in [5.41, 5.74) is 0.677. The predicted molar refractivity (Wildman–Crippen MR) is 83.7 cm³/mol. The van der Waals surface area contributed by atoms with Gasteiger partial charge < -0.3 is 0 Å². The van der Waals surface area contributed by atoms with Crippen LogP contribution in [0.5, 0.6) is 0 Å². The van der Waals surface area contributed by atoms with Crippen LogP contribution < -0.4 is 4.90 Å². The van der Waals surface area contributed by atoms with Gasteiger partial charge in [-0.3, -0.25) is 9.59 Å². The molecule has 2 saturated carbocycles. The molecule has 1 spiro atoms. The number of imide groups is 1. The Bertz CT molecular complexity index is 734. The van der Waals surface area contributed by atoms with E-state index in [0.29, 0.717) is 15.7 Å². The zero-order valence-corrected chi connectivity index (χ0v) is 13.1. The molecule has 22 heavy (non-hydrogen) atoms. The summed E-state index contributed by atoms with van der Waals surface area (Å²) in [6, 6.07) is 4.89. The summed E-state index contributed by atoms with van der Waals surface area (Å²) in [7, 11) is 0. The second-order valence-corrected chi connectivity index (χ2v) is 7.67. The van der Waals surface area contributed by atoms with Gasteiger partial charge in [0.2, 0.25) is 11.8 Å². The Morgan fingerprint density at radius 2 is 1.59 bits per heavy atom.